The summed E-state index contributed by atoms with van der Waals surface area (Å²) in [5.41, 5.74) is 1.04. The van der Waals surface area contributed by atoms with Gasteiger partial charge in [-0.2, -0.15) is 12.2 Å². The Balaban J connectivity index is -0.000000194. The van der Waals surface area contributed by atoms with E-state index in [1.54, 1.807) is 0 Å². The summed E-state index contributed by atoms with van der Waals surface area (Å²) in [5, 5.41) is 0. The van der Waals surface area contributed by atoms with Gasteiger partial charge >= 0.3 is 26.2 Å². The quantitative estimate of drug-likeness (QED) is 0.666. The van der Waals surface area contributed by atoms with E-state index in [4.69, 9.17) is 6.58 Å². The molecule has 2 aliphatic rings. The molecule has 0 amide bonds. The molecule has 2 heteroatoms. The third-order valence-corrected chi connectivity index (χ3v) is 1.90. The number of hydrogen-bond acceptors (Lipinski definition) is 0. The number of allylic oxidation sites excluding steroid dienone is 9. The minimum Gasteiger partial charge on any atom is -1.00 e. The van der Waals surface area contributed by atoms with Crippen molar-refractivity contribution < 1.29 is 38.6 Å². The smallest absolute Gasteiger partial charge is 1.00 e. The average molecular weight is 354 g/mol. The third kappa shape index (κ3) is 23.4. The van der Waals surface area contributed by atoms with Gasteiger partial charge in [0.1, 0.15) is 0 Å². The molecule has 2 rings (SSSR count). The first-order chi connectivity index (χ1) is 8.13. The van der Waals surface area contributed by atoms with E-state index in [0.29, 0.717) is 5.92 Å². The van der Waals surface area contributed by atoms with Crippen molar-refractivity contribution in [2.75, 3.05) is 0 Å². The number of halogens is 1. The van der Waals surface area contributed by atoms with Crippen molar-refractivity contribution >= 4 is 0 Å². The van der Waals surface area contributed by atoms with Gasteiger partial charge in [-0.15, -0.1) is 12.8 Å². The zero-order chi connectivity index (χ0) is 12.9. The number of rotatable bonds is 2. The molecule has 0 aromatic rings. The molecule has 0 aliphatic heterocycles. The Kier molecular flexibility index (Phi) is 22.5. The summed E-state index contributed by atoms with van der Waals surface area (Å²) in [5.74, 6) is 0.713. The molecule has 19 heavy (non-hydrogen) atoms. The van der Waals surface area contributed by atoms with Gasteiger partial charge in [0, 0.05) is 0 Å². The van der Waals surface area contributed by atoms with Crippen LogP contribution in [0.4, 0.5) is 0 Å². The number of hydrogen-bond donors (Lipinski definition) is 0. The van der Waals surface area contributed by atoms with Crippen LogP contribution in [-0.2, 0) is 26.2 Å². The van der Waals surface area contributed by atoms with E-state index >= 15 is 0 Å². The van der Waals surface area contributed by atoms with Crippen molar-refractivity contribution in [1.29, 1.82) is 0 Å². The van der Waals surface area contributed by atoms with E-state index in [1.807, 2.05) is 31.2 Å². The Morgan fingerprint density at radius 2 is 1.53 bits per heavy atom. The Hall–Kier alpha value is -0.127. The second kappa shape index (κ2) is 17.9. The molecule has 102 valence electrons. The molecule has 0 heterocycles. The van der Waals surface area contributed by atoms with E-state index in [9.17, 15) is 0 Å². The van der Waals surface area contributed by atoms with Crippen molar-refractivity contribution in [2.45, 2.75) is 40.0 Å². The first kappa shape index (κ1) is 23.9. The first-order valence-corrected chi connectivity index (χ1v) is 6.14. The zero-order valence-corrected chi connectivity index (χ0v) is 15.3. The maximum Gasteiger partial charge on any atom is 4.00 e. The van der Waals surface area contributed by atoms with Crippen LogP contribution in [0.2, 0.25) is 0 Å². The normalized spacial score (nSPS) is 12.8. The van der Waals surface area contributed by atoms with Crippen LogP contribution in [0, 0.1) is 24.6 Å². The van der Waals surface area contributed by atoms with Gasteiger partial charge in [-0.3, -0.25) is 17.7 Å². The molecule has 0 saturated carbocycles. The predicted octanol–water partition coefficient (Wildman–Crippen LogP) is 2.02. The van der Waals surface area contributed by atoms with E-state index in [0.717, 1.165) is 24.8 Å². The minimum atomic E-state index is 0. The first-order valence-electron chi connectivity index (χ1n) is 6.14. The Morgan fingerprint density at radius 1 is 1.11 bits per heavy atom. The summed E-state index contributed by atoms with van der Waals surface area (Å²) in [6.07, 6.45) is 21.1. The van der Waals surface area contributed by atoms with Crippen molar-refractivity contribution in [3.8, 4) is 0 Å². The molecule has 0 spiro atoms. The average Bonchev–Trinajstić information content (AvgIpc) is 2.96. The molecule has 0 N–H and O–H groups in total. The molecule has 2 aliphatic carbocycles. The van der Waals surface area contributed by atoms with Gasteiger partial charge in [-0.05, 0) is 5.92 Å². The molecule has 0 saturated heterocycles. The third-order valence-electron chi connectivity index (χ3n) is 1.90. The van der Waals surface area contributed by atoms with Crippen LogP contribution in [0.25, 0.3) is 0 Å². The fraction of sp³-hybridized carbons (Fsp3) is 0.412. The van der Waals surface area contributed by atoms with Crippen LogP contribution >= 0.6 is 0 Å². The Morgan fingerprint density at radius 3 is 1.58 bits per heavy atom. The molecular formula is C17H23ClZr. The summed E-state index contributed by atoms with van der Waals surface area (Å²) < 4.78 is 0. The van der Waals surface area contributed by atoms with Crippen LogP contribution in [0.5, 0.6) is 0 Å². The SMILES string of the molecule is [C-]1=CC=CC1.[C-]1=CC=CC1.[CH-]=C(C)CC(C)C.[Cl-].[Zr+4]. The molecule has 0 atom stereocenters. The predicted molar refractivity (Wildman–Crippen MR) is 76.1 cm³/mol. The monoisotopic (exact) mass is 352 g/mol. The Bertz CT molecular complexity index is 267. The van der Waals surface area contributed by atoms with Crippen LogP contribution in [0.15, 0.2) is 42.0 Å². The summed E-state index contributed by atoms with van der Waals surface area (Å²) in [6, 6.07) is 0. The summed E-state index contributed by atoms with van der Waals surface area (Å²) >= 11 is 0. The minimum absolute atomic E-state index is 0. The fourth-order valence-electron chi connectivity index (χ4n) is 1.32. The van der Waals surface area contributed by atoms with E-state index in [1.165, 1.54) is 0 Å². The molecule has 0 aromatic carbocycles. The van der Waals surface area contributed by atoms with Crippen molar-refractivity contribution in [3.05, 3.63) is 60.8 Å². The van der Waals surface area contributed by atoms with Gasteiger partial charge in [0.25, 0.3) is 0 Å². The summed E-state index contributed by atoms with van der Waals surface area (Å²) in [7, 11) is 0. The van der Waals surface area contributed by atoms with Crippen LogP contribution < -0.4 is 12.4 Å². The van der Waals surface area contributed by atoms with E-state index < -0.39 is 0 Å². The van der Waals surface area contributed by atoms with E-state index in [2.05, 4.69) is 38.2 Å². The zero-order valence-electron chi connectivity index (χ0n) is 12.1. The van der Waals surface area contributed by atoms with Crippen molar-refractivity contribution in [2.24, 2.45) is 5.92 Å². The van der Waals surface area contributed by atoms with Crippen molar-refractivity contribution in [3.63, 3.8) is 0 Å². The molecule has 0 fully saturated rings. The maximum absolute atomic E-state index is 5.41. The van der Waals surface area contributed by atoms with Gasteiger partial charge < -0.3 is 19.0 Å². The standard InChI is InChI=1S/C7H13.2C5H5.ClH.Zr/c1-6(2)5-7(3)4;2*1-2-4-5-3-1;;/h1,7H,5H2,2-4H3;2*1-3H,4H2;1H;/q3*-1;;+4/p-1. The Labute approximate surface area is 145 Å². The van der Waals surface area contributed by atoms with Crippen LogP contribution in [-0.4, -0.2) is 0 Å². The van der Waals surface area contributed by atoms with Gasteiger partial charge in [0.15, 0.2) is 0 Å². The van der Waals surface area contributed by atoms with E-state index in [-0.39, 0.29) is 38.6 Å². The molecule has 0 bridgehead atoms. The fourth-order valence-corrected chi connectivity index (χ4v) is 1.32. The van der Waals surface area contributed by atoms with Crippen molar-refractivity contribution in [1.82, 2.24) is 0 Å². The van der Waals surface area contributed by atoms with Crippen LogP contribution in [0.1, 0.15) is 40.0 Å². The second-order valence-electron chi connectivity index (χ2n) is 4.45. The molecule has 0 radical (unpaired) electrons. The largest absolute Gasteiger partial charge is 4.00 e. The maximum atomic E-state index is 5.41. The van der Waals surface area contributed by atoms with Gasteiger partial charge in [0.2, 0.25) is 0 Å². The summed E-state index contributed by atoms with van der Waals surface area (Å²) in [6.45, 7) is 11.7. The second-order valence-corrected chi connectivity index (χ2v) is 4.45. The topological polar surface area (TPSA) is 0 Å². The van der Waals surface area contributed by atoms with Gasteiger partial charge in [-0.25, -0.2) is 24.3 Å². The summed E-state index contributed by atoms with van der Waals surface area (Å²) in [4.78, 5) is 0. The molecule has 0 nitrogen and oxygen atoms in total. The molecule has 0 unspecified atom stereocenters. The van der Waals surface area contributed by atoms with Crippen LogP contribution in [0.3, 0.4) is 0 Å². The van der Waals surface area contributed by atoms with Gasteiger partial charge in [-0.1, -0.05) is 27.2 Å². The molecular weight excluding hydrogens is 331 g/mol. The molecule has 0 aromatic heterocycles. The van der Waals surface area contributed by atoms with Gasteiger partial charge in [0.05, 0.1) is 0 Å².